The molecule has 0 saturated heterocycles. The standard InChI is InChI=1S/C49H29N5/c1-3-14-31(15-4-1)47-50-48(32-16-5-2-6-17-32)52-49(51-47)33-18-11-19-34(27-33)53-43-29-44-40(28-41(43)39-26-25-30-13-7-8-20-35(30)45(39)53)38-23-12-22-37-36-21-9-10-24-42(36)54(44)46(37)38/h1-29H. The Hall–Kier alpha value is -7.37. The van der Waals surface area contributed by atoms with Crippen molar-refractivity contribution in [1.82, 2.24) is 23.9 Å². The van der Waals surface area contributed by atoms with Crippen LogP contribution in [0, 0.1) is 0 Å². The maximum Gasteiger partial charge on any atom is 0.164 e. The van der Waals surface area contributed by atoms with Crippen molar-refractivity contribution < 1.29 is 0 Å². The van der Waals surface area contributed by atoms with Gasteiger partial charge in [-0.2, -0.15) is 0 Å². The molecule has 0 spiro atoms. The molecule has 4 heterocycles. The number of aromatic nitrogens is 5. The highest BCUT2D eigenvalue weighted by Crippen LogP contribution is 2.44. The molecule has 12 aromatic rings. The van der Waals surface area contributed by atoms with Crippen molar-refractivity contribution >= 4 is 70.7 Å². The lowest BCUT2D eigenvalue weighted by Gasteiger charge is -2.12. The molecule has 0 N–H and O–H groups in total. The van der Waals surface area contributed by atoms with Gasteiger partial charge >= 0.3 is 0 Å². The molecule has 0 fully saturated rings. The number of nitrogens with zero attached hydrogens (tertiary/aromatic N) is 5. The predicted octanol–water partition coefficient (Wildman–Crippen LogP) is 12.3. The molecule has 5 heteroatoms. The zero-order chi connectivity index (χ0) is 35.3. The average Bonchev–Trinajstić information content (AvgIpc) is 3.88. The maximum absolute atomic E-state index is 5.08. The number of hydrogen-bond acceptors (Lipinski definition) is 3. The van der Waals surface area contributed by atoms with Gasteiger partial charge in [-0.15, -0.1) is 0 Å². The van der Waals surface area contributed by atoms with Crippen molar-refractivity contribution in [3.05, 3.63) is 176 Å². The summed E-state index contributed by atoms with van der Waals surface area (Å²) >= 11 is 0. The van der Waals surface area contributed by atoms with E-state index in [9.17, 15) is 0 Å². The van der Waals surface area contributed by atoms with E-state index >= 15 is 0 Å². The van der Waals surface area contributed by atoms with E-state index in [1.807, 2.05) is 60.7 Å². The Balaban J connectivity index is 1.16. The molecule has 250 valence electrons. The first-order valence-corrected chi connectivity index (χ1v) is 18.3. The van der Waals surface area contributed by atoms with E-state index in [0.29, 0.717) is 17.5 Å². The maximum atomic E-state index is 5.08. The Morgan fingerprint density at radius 3 is 1.63 bits per heavy atom. The van der Waals surface area contributed by atoms with Crippen LogP contribution in [0.15, 0.2) is 176 Å². The predicted molar refractivity (Wildman–Crippen MR) is 223 cm³/mol. The van der Waals surface area contributed by atoms with Crippen molar-refractivity contribution in [2.75, 3.05) is 0 Å². The van der Waals surface area contributed by atoms with E-state index in [0.717, 1.165) is 27.9 Å². The van der Waals surface area contributed by atoms with Gasteiger partial charge in [0, 0.05) is 60.1 Å². The smallest absolute Gasteiger partial charge is 0.164 e. The van der Waals surface area contributed by atoms with Crippen molar-refractivity contribution in [3.63, 3.8) is 0 Å². The molecule has 0 aliphatic heterocycles. The highest BCUT2D eigenvalue weighted by atomic mass is 15.0. The van der Waals surface area contributed by atoms with Crippen LogP contribution in [0.4, 0.5) is 0 Å². The quantitative estimate of drug-likeness (QED) is 0.185. The van der Waals surface area contributed by atoms with Crippen LogP contribution in [0.2, 0.25) is 0 Å². The van der Waals surface area contributed by atoms with Gasteiger partial charge < -0.3 is 8.97 Å². The van der Waals surface area contributed by atoms with Gasteiger partial charge in [0.15, 0.2) is 17.5 Å². The van der Waals surface area contributed by atoms with Crippen LogP contribution in [0.25, 0.3) is 111 Å². The Kier molecular flexibility index (Phi) is 5.99. The number of rotatable bonds is 4. The van der Waals surface area contributed by atoms with Crippen molar-refractivity contribution in [1.29, 1.82) is 0 Å². The molecule has 0 radical (unpaired) electrons. The normalized spacial score (nSPS) is 12.1. The number of fused-ring (bicyclic) bond motifs is 11. The van der Waals surface area contributed by atoms with Crippen molar-refractivity contribution in [2.24, 2.45) is 0 Å². The fourth-order valence-corrected chi connectivity index (χ4v) is 8.69. The molecule has 12 rings (SSSR count). The van der Waals surface area contributed by atoms with Crippen molar-refractivity contribution in [3.8, 4) is 39.9 Å². The summed E-state index contributed by atoms with van der Waals surface area (Å²) in [6, 6.07) is 62.5. The third kappa shape index (κ3) is 4.12. The summed E-state index contributed by atoms with van der Waals surface area (Å²) in [5.41, 5.74) is 9.92. The molecule has 0 bridgehead atoms. The highest BCUT2D eigenvalue weighted by molar-refractivity contribution is 6.27. The van der Waals surface area contributed by atoms with E-state index in [2.05, 4.69) is 124 Å². The first-order valence-electron chi connectivity index (χ1n) is 18.3. The summed E-state index contributed by atoms with van der Waals surface area (Å²) in [6.45, 7) is 0. The summed E-state index contributed by atoms with van der Waals surface area (Å²) < 4.78 is 4.91. The molecule has 0 saturated carbocycles. The molecular formula is C49H29N5. The second-order valence-corrected chi connectivity index (χ2v) is 14.0. The Labute approximate surface area is 309 Å². The molecule has 54 heavy (non-hydrogen) atoms. The SMILES string of the molecule is c1ccc(-c2nc(-c3ccccc3)nc(-c3cccc(-n4c5cc6c(cc5c5ccc7ccccc7c54)c4cccc5c7ccccc7n6c54)c3)n2)cc1. The van der Waals surface area contributed by atoms with Crippen LogP contribution in [-0.4, -0.2) is 23.9 Å². The molecule has 0 aliphatic carbocycles. The molecule has 0 amide bonds. The van der Waals surface area contributed by atoms with Gasteiger partial charge in [-0.1, -0.05) is 146 Å². The fraction of sp³-hybridized carbons (Fsp3) is 0. The van der Waals surface area contributed by atoms with Crippen LogP contribution in [0.1, 0.15) is 0 Å². The van der Waals surface area contributed by atoms with Gasteiger partial charge in [0.1, 0.15) is 0 Å². The Bertz CT molecular complexity index is 3370. The monoisotopic (exact) mass is 687 g/mol. The largest absolute Gasteiger partial charge is 0.309 e. The van der Waals surface area contributed by atoms with Gasteiger partial charge in [-0.25, -0.2) is 15.0 Å². The molecule has 0 atom stereocenters. The van der Waals surface area contributed by atoms with Gasteiger partial charge in [0.2, 0.25) is 0 Å². The van der Waals surface area contributed by atoms with Gasteiger partial charge in [-0.05, 0) is 35.7 Å². The van der Waals surface area contributed by atoms with Gasteiger partial charge in [0.25, 0.3) is 0 Å². The molecule has 5 nitrogen and oxygen atoms in total. The fourth-order valence-electron chi connectivity index (χ4n) is 8.69. The molecule has 0 unspecified atom stereocenters. The Morgan fingerprint density at radius 1 is 0.315 bits per heavy atom. The summed E-state index contributed by atoms with van der Waals surface area (Å²) in [7, 11) is 0. The summed E-state index contributed by atoms with van der Waals surface area (Å²) in [4.78, 5) is 15.1. The third-order valence-corrected chi connectivity index (χ3v) is 11.1. The topological polar surface area (TPSA) is 48.0 Å². The van der Waals surface area contributed by atoms with Crippen molar-refractivity contribution in [2.45, 2.75) is 0 Å². The lowest BCUT2D eigenvalue weighted by molar-refractivity contribution is 1.07. The minimum Gasteiger partial charge on any atom is -0.309 e. The first kappa shape index (κ1) is 29.2. The van der Waals surface area contributed by atoms with E-state index < -0.39 is 0 Å². The lowest BCUT2D eigenvalue weighted by atomic mass is 10.0. The molecule has 4 aromatic heterocycles. The van der Waals surface area contributed by atoms with E-state index in [4.69, 9.17) is 15.0 Å². The van der Waals surface area contributed by atoms with E-state index in [1.54, 1.807) is 0 Å². The zero-order valence-electron chi connectivity index (χ0n) is 29.0. The van der Waals surface area contributed by atoms with Crippen LogP contribution in [-0.2, 0) is 0 Å². The zero-order valence-corrected chi connectivity index (χ0v) is 29.0. The minimum absolute atomic E-state index is 0.632. The number of hydrogen-bond donors (Lipinski definition) is 0. The first-order chi connectivity index (χ1) is 26.8. The highest BCUT2D eigenvalue weighted by Gasteiger charge is 2.22. The number of benzene rings is 8. The summed E-state index contributed by atoms with van der Waals surface area (Å²) in [6.07, 6.45) is 0. The van der Waals surface area contributed by atoms with Crippen LogP contribution in [0.5, 0.6) is 0 Å². The third-order valence-electron chi connectivity index (χ3n) is 11.1. The molecule has 0 aliphatic rings. The number of para-hydroxylation sites is 2. The minimum atomic E-state index is 0.632. The molecular weight excluding hydrogens is 659 g/mol. The summed E-state index contributed by atoms with van der Waals surface area (Å²) in [5, 5.41) is 9.99. The van der Waals surface area contributed by atoms with E-state index in [-0.39, 0.29) is 0 Å². The lowest BCUT2D eigenvalue weighted by Crippen LogP contribution is -2.01. The summed E-state index contributed by atoms with van der Waals surface area (Å²) in [5.74, 6) is 1.92. The molecule has 8 aromatic carbocycles. The second-order valence-electron chi connectivity index (χ2n) is 14.0. The van der Waals surface area contributed by atoms with Gasteiger partial charge in [-0.3, -0.25) is 0 Å². The van der Waals surface area contributed by atoms with Crippen LogP contribution < -0.4 is 0 Å². The Morgan fingerprint density at radius 2 is 0.870 bits per heavy atom. The van der Waals surface area contributed by atoms with E-state index in [1.165, 1.54) is 65.2 Å². The average molecular weight is 688 g/mol. The van der Waals surface area contributed by atoms with Crippen LogP contribution in [0.3, 0.4) is 0 Å². The second kappa shape index (κ2) is 11.1. The van der Waals surface area contributed by atoms with Crippen LogP contribution >= 0.6 is 0 Å². The van der Waals surface area contributed by atoms with Gasteiger partial charge in [0.05, 0.1) is 27.6 Å².